The molecular formula is C14H23N3O. The molecule has 1 saturated heterocycles. The van der Waals surface area contributed by atoms with Crippen LogP contribution in [-0.2, 0) is 4.74 Å². The molecule has 0 aromatic carbocycles. The summed E-state index contributed by atoms with van der Waals surface area (Å²) in [7, 11) is 1.96. The van der Waals surface area contributed by atoms with Crippen LogP contribution in [0.2, 0.25) is 0 Å². The quantitative estimate of drug-likeness (QED) is 0.893. The highest BCUT2D eigenvalue weighted by molar-refractivity contribution is 5.06. The van der Waals surface area contributed by atoms with E-state index in [-0.39, 0.29) is 17.2 Å². The zero-order valence-corrected chi connectivity index (χ0v) is 11.9. The van der Waals surface area contributed by atoms with Crippen molar-refractivity contribution in [2.75, 3.05) is 7.05 Å². The van der Waals surface area contributed by atoms with Gasteiger partial charge in [-0.05, 0) is 47.2 Å². The molecule has 0 spiro atoms. The minimum atomic E-state index is -0.170. The Morgan fingerprint density at radius 1 is 1.28 bits per heavy atom. The fraction of sp³-hybridized carbons (Fsp3) is 0.714. The summed E-state index contributed by atoms with van der Waals surface area (Å²) in [5.74, 6) is 1.21. The monoisotopic (exact) mass is 249 g/mol. The van der Waals surface area contributed by atoms with Crippen LogP contribution in [0.4, 0.5) is 0 Å². The first-order valence-corrected chi connectivity index (χ1v) is 6.50. The van der Waals surface area contributed by atoms with Gasteiger partial charge in [0.25, 0.3) is 0 Å². The van der Waals surface area contributed by atoms with E-state index in [9.17, 15) is 0 Å². The van der Waals surface area contributed by atoms with Gasteiger partial charge in [-0.3, -0.25) is 0 Å². The Morgan fingerprint density at radius 2 is 1.89 bits per heavy atom. The molecule has 1 aromatic rings. The lowest BCUT2D eigenvalue weighted by atomic mass is 9.81. The predicted molar refractivity (Wildman–Crippen MR) is 71.2 cm³/mol. The van der Waals surface area contributed by atoms with Crippen molar-refractivity contribution < 1.29 is 4.74 Å². The van der Waals surface area contributed by atoms with E-state index >= 15 is 0 Å². The molecule has 0 amide bonds. The molecule has 18 heavy (non-hydrogen) atoms. The fourth-order valence-electron chi connectivity index (χ4n) is 3.11. The van der Waals surface area contributed by atoms with Crippen molar-refractivity contribution in [2.45, 2.75) is 51.4 Å². The van der Waals surface area contributed by atoms with Crippen molar-refractivity contribution in [3.8, 4) is 0 Å². The highest BCUT2D eigenvalue weighted by Crippen LogP contribution is 2.46. The van der Waals surface area contributed by atoms with Gasteiger partial charge in [-0.2, -0.15) is 0 Å². The Kier molecular flexibility index (Phi) is 3.43. The molecule has 0 aliphatic carbocycles. The number of ether oxygens (including phenoxy) is 1. The molecule has 4 nitrogen and oxygen atoms in total. The van der Waals surface area contributed by atoms with Gasteiger partial charge in [-0.1, -0.05) is 0 Å². The molecular weight excluding hydrogens is 226 g/mol. The van der Waals surface area contributed by atoms with Crippen LogP contribution in [0, 0.1) is 5.92 Å². The van der Waals surface area contributed by atoms with E-state index in [0.29, 0.717) is 5.92 Å². The molecule has 2 heterocycles. The third kappa shape index (κ3) is 2.54. The molecule has 1 aliphatic heterocycles. The Balaban J connectivity index is 2.29. The van der Waals surface area contributed by atoms with Gasteiger partial charge in [0.2, 0.25) is 0 Å². The van der Waals surface area contributed by atoms with Crippen LogP contribution in [0.15, 0.2) is 18.5 Å². The number of nitrogens with one attached hydrogen (secondary N) is 1. The second-order valence-corrected chi connectivity index (χ2v) is 6.15. The Labute approximate surface area is 109 Å². The van der Waals surface area contributed by atoms with Crippen molar-refractivity contribution in [1.29, 1.82) is 0 Å². The molecule has 100 valence electrons. The first-order chi connectivity index (χ1) is 8.36. The van der Waals surface area contributed by atoms with Crippen LogP contribution in [0.25, 0.3) is 0 Å². The van der Waals surface area contributed by atoms with Crippen molar-refractivity contribution >= 4 is 0 Å². The topological polar surface area (TPSA) is 47.0 Å². The van der Waals surface area contributed by atoms with Gasteiger partial charge in [0, 0.05) is 18.3 Å². The molecule has 0 bridgehead atoms. The normalized spacial score (nSPS) is 27.1. The SMILES string of the molecule is CNC(c1ncccn1)C1CC(C)(C)OC1(C)C. The number of hydrogen-bond donors (Lipinski definition) is 1. The number of rotatable bonds is 3. The maximum atomic E-state index is 6.16. The lowest BCUT2D eigenvalue weighted by Crippen LogP contribution is -2.38. The fourth-order valence-corrected chi connectivity index (χ4v) is 3.11. The van der Waals surface area contributed by atoms with Gasteiger partial charge in [0.15, 0.2) is 0 Å². The smallest absolute Gasteiger partial charge is 0.145 e. The van der Waals surface area contributed by atoms with Gasteiger partial charge < -0.3 is 10.1 Å². The van der Waals surface area contributed by atoms with E-state index in [4.69, 9.17) is 4.74 Å². The zero-order chi connectivity index (χ0) is 13.4. The molecule has 1 fully saturated rings. The van der Waals surface area contributed by atoms with Gasteiger partial charge in [0.05, 0.1) is 17.2 Å². The lowest BCUT2D eigenvalue weighted by molar-refractivity contribution is -0.0779. The second-order valence-electron chi connectivity index (χ2n) is 6.15. The van der Waals surface area contributed by atoms with Crippen molar-refractivity contribution in [2.24, 2.45) is 5.92 Å². The summed E-state index contributed by atoms with van der Waals surface area (Å²) in [5, 5.41) is 3.35. The molecule has 2 rings (SSSR count). The average molecular weight is 249 g/mol. The average Bonchev–Trinajstić information content (AvgIpc) is 2.50. The zero-order valence-electron chi connectivity index (χ0n) is 11.9. The summed E-state index contributed by atoms with van der Waals surface area (Å²) >= 11 is 0. The van der Waals surface area contributed by atoms with Gasteiger partial charge in [-0.15, -0.1) is 0 Å². The summed E-state index contributed by atoms with van der Waals surface area (Å²) in [6.45, 7) is 8.60. The standard InChI is InChI=1S/C14H23N3O/c1-13(2)9-10(14(3,4)18-13)11(15-5)12-16-7-6-8-17-12/h6-8,10-11,15H,9H2,1-5H3. The summed E-state index contributed by atoms with van der Waals surface area (Å²) in [4.78, 5) is 8.76. The molecule has 2 unspecified atom stereocenters. The maximum absolute atomic E-state index is 6.16. The van der Waals surface area contributed by atoms with E-state index in [1.165, 1.54) is 0 Å². The van der Waals surface area contributed by atoms with Gasteiger partial charge in [-0.25, -0.2) is 9.97 Å². The first-order valence-electron chi connectivity index (χ1n) is 6.50. The van der Waals surface area contributed by atoms with Crippen molar-refractivity contribution in [3.05, 3.63) is 24.3 Å². The van der Waals surface area contributed by atoms with Crippen molar-refractivity contribution in [1.82, 2.24) is 15.3 Å². The molecule has 0 saturated carbocycles. The van der Waals surface area contributed by atoms with E-state index in [0.717, 1.165) is 12.2 Å². The van der Waals surface area contributed by atoms with Gasteiger partial charge in [0.1, 0.15) is 5.82 Å². The molecule has 4 heteroatoms. The predicted octanol–water partition coefficient (Wildman–Crippen LogP) is 2.33. The van der Waals surface area contributed by atoms with E-state index in [1.807, 2.05) is 13.1 Å². The minimum absolute atomic E-state index is 0.0853. The summed E-state index contributed by atoms with van der Waals surface area (Å²) < 4.78 is 6.16. The van der Waals surface area contributed by atoms with E-state index < -0.39 is 0 Å². The van der Waals surface area contributed by atoms with Crippen LogP contribution < -0.4 is 5.32 Å². The Hall–Kier alpha value is -1.00. The van der Waals surface area contributed by atoms with Crippen LogP contribution in [0.5, 0.6) is 0 Å². The Bertz CT molecular complexity index is 403. The number of aromatic nitrogens is 2. The second kappa shape index (κ2) is 4.59. The summed E-state index contributed by atoms with van der Waals surface area (Å²) in [5.41, 5.74) is -0.256. The Morgan fingerprint density at radius 3 is 2.33 bits per heavy atom. The molecule has 1 N–H and O–H groups in total. The third-order valence-electron chi connectivity index (χ3n) is 3.72. The largest absolute Gasteiger partial charge is 0.369 e. The summed E-state index contributed by atoms with van der Waals surface area (Å²) in [6, 6.07) is 1.97. The lowest BCUT2D eigenvalue weighted by Gasteiger charge is -2.31. The molecule has 1 aliphatic rings. The number of hydrogen-bond acceptors (Lipinski definition) is 4. The van der Waals surface area contributed by atoms with Crippen LogP contribution in [-0.4, -0.2) is 28.2 Å². The van der Waals surface area contributed by atoms with Crippen LogP contribution in [0.1, 0.15) is 46.0 Å². The van der Waals surface area contributed by atoms with Crippen LogP contribution in [0.3, 0.4) is 0 Å². The van der Waals surface area contributed by atoms with E-state index in [2.05, 4.69) is 43.0 Å². The van der Waals surface area contributed by atoms with Crippen LogP contribution >= 0.6 is 0 Å². The van der Waals surface area contributed by atoms with E-state index in [1.54, 1.807) is 12.4 Å². The maximum Gasteiger partial charge on any atom is 0.145 e. The molecule has 2 atom stereocenters. The minimum Gasteiger partial charge on any atom is -0.369 e. The highest BCUT2D eigenvalue weighted by Gasteiger charge is 2.49. The highest BCUT2D eigenvalue weighted by atomic mass is 16.5. The van der Waals surface area contributed by atoms with Gasteiger partial charge >= 0.3 is 0 Å². The summed E-state index contributed by atoms with van der Waals surface area (Å²) in [6.07, 6.45) is 4.59. The third-order valence-corrected chi connectivity index (χ3v) is 3.72. The van der Waals surface area contributed by atoms with Crippen molar-refractivity contribution in [3.63, 3.8) is 0 Å². The molecule has 0 radical (unpaired) electrons. The molecule has 1 aromatic heterocycles. The number of nitrogens with zero attached hydrogens (tertiary/aromatic N) is 2. The first kappa shape index (κ1) is 13.4.